The first kappa shape index (κ1) is 20.4. The van der Waals surface area contributed by atoms with Gasteiger partial charge < -0.3 is 20.5 Å². The Morgan fingerprint density at radius 3 is 2.73 bits per heavy atom. The molecule has 1 aliphatic rings. The first-order valence-corrected chi connectivity index (χ1v) is 8.91. The second kappa shape index (κ2) is 9.66. The van der Waals surface area contributed by atoms with Crippen molar-refractivity contribution >= 4 is 5.96 Å². The molecule has 8 heteroatoms. The Hall–Kier alpha value is -1.96. The Kier molecular flexibility index (Phi) is 7.56. The van der Waals surface area contributed by atoms with Gasteiger partial charge in [-0.15, -0.1) is 0 Å². The van der Waals surface area contributed by atoms with Crippen molar-refractivity contribution in [1.29, 1.82) is 0 Å². The number of rotatable bonds is 7. The highest BCUT2D eigenvalue weighted by molar-refractivity contribution is 5.80. The average Bonchev–Trinajstić information content (AvgIpc) is 3.10. The van der Waals surface area contributed by atoms with Gasteiger partial charge in [0.15, 0.2) is 5.96 Å². The molecule has 0 radical (unpaired) electrons. The lowest BCUT2D eigenvalue weighted by Crippen LogP contribution is -2.43. The van der Waals surface area contributed by atoms with Gasteiger partial charge >= 0.3 is 6.18 Å². The maximum absolute atomic E-state index is 12.7. The summed E-state index contributed by atoms with van der Waals surface area (Å²) in [5.74, 6) is 0.705. The fourth-order valence-electron chi connectivity index (χ4n) is 2.79. The SMILES string of the molecule is CCNC(=NCC(O)COc1cccc(C(F)(F)F)c1)NC1CCCC1. The molecule has 1 unspecified atom stereocenters. The maximum Gasteiger partial charge on any atom is 0.416 e. The first-order valence-electron chi connectivity index (χ1n) is 8.91. The normalized spacial score (nSPS) is 17.2. The molecule has 146 valence electrons. The Bertz CT molecular complexity index is 587. The lowest BCUT2D eigenvalue weighted by Gasteiger charge is -2.17. The van der Waals surface area contributed by atoms with E-state index in [0.717, 1.165) is 25.0 Å². The minimum Gasteiger partial charge on any atom is -0.491 e. The molecule has 5 nitrogen and oxygen atoms in total. The van der Waals surface area contributed by atoms with Gasteiger partial charge in [0.2, 0.25) is 0 Å². The van der Waals surface area contributed by atoms with Gasteiger partial charge in [-0.25, -0.2) is 0 Å². The third kappa shape index (κ3) is 6.74. The van der Waals surface area contributed by atoms with Crippen LogP contribution in [0.2, 0.25) is 0 Å². The highest BCUT2D eigenvalue weighted by Gasteiger charge is 2.30. The van der Waals surface area contributed by atoms with Gasteiger partial charge in [-0.05, 0) is 38.0 Å². The number of benzene rings is 1. The number of halogens is 3. The van der Waals surface area contributed by atoms with Crippen LogP contribution in [-0.2, 0) is 6.18 Å². The molecule has 0 amide bonds. The number of aliphatic hydroxyl groups excluding tert-OH is 1. The molecule has 1 saturated carbocycles. The monoisotopic (exact) mass is 373 g/mol. The molecule has 26 heavy (non-hydrogen) atoms. The molecule has 0 aliphatic heterocycles. The molecule has 1 atom stereocenters. The van der Waals surface area contributed by atoms with Gasteiger partial charge in [0.1, 0.15) is 18.5 Å². The smallest absolute Gasteiger partial charge is 0.416 e. The third-order valence-corrected chi connectivity index (χ3v) is 4.10. The molecule has 0 heterocycles. The number of hydrogen-bond acceptors (Lipinski definition) is 3. The van der Waals surface area contributed by atoms with Crippen LogP contribution < -0.4 is 15.4 Å². The lowest BCUT2D eigenvalue weighted by molar-refractivity contribution is -0.137. The van der Waals surface area contributed by atoms with Crippen molar-refractivity contribution < 1.29 is 23.0 Å². The summed E-state index contributed by atoms with van der Waals surface area (Å²) < 4.78 is 43.3. The Labute approximate surface area is 151 Å². The van der Waals surface area contributed by atoms with Crippen LogP contribution in [0.5, 0.6) is 5.75 Å². The molecule has 1 fully saturated rings. The van der Waals surface area contributed by atoms with Crippen molar-refractivity contribution in [3.8, 4) is 5.75 Å². The van der Waals surface area contributed by atoms with Crippen LogP contribution in [0.3, 0.4) is 0 Å². The van der Waals surface area contributed by atoms with Gasteiger partial charge in [0.05, 0.1) is 12.1 Å². The Balaban J connectivity index is 1.83. The van der Waals surface area contributed by atoms with Crippen LogP contribution in [0.15, 0.2) is 29.3 Å². The maximum atomic E-state index is 12.7. The molecular formula is C18H26F3N3O2. The van der Waals surface area contributed by atoms with Crippen molar-refractivity contribution in [3.63, 3.8) is 0 Å². The van der Waals surface area contributed by atoms with Gasteiger partial charge in [-0.2, -0.15) is 13.2 Å². The quantitative estimate of drug-likeness (QED) is 0.508. The van der Waals surface area contributed by atoms with Crippen LogP contribution in [0.1, 0.15) is 38.2 Å². The molecule has 3 N–H and O–H groups in total. The van der Waals surface area contributed by atoms with E-state index in [-0.39, 0.29) is 18.9 Å². The second-order valence-corrected chi connectivity index (χ2v) is 6.34. The van der Waals surface area contributed by atoms with Crippen LogP contribution in [0.25, 0.3) is 0 Å². The van der Waals surface area contributed by atoms with E-state index >= 15 is 0 Å². The standard InChI is InChI=1S/C18H26F3N3O2/c1-2-22-17(24-14-7-3-4-8-14)23-11-15(25)12-26-16-9-5-6-13(10-16)18(19,20)21/h5-6,9-10,14-15,25H,2-4,7-8,11-12H2,1H3,(H2,22,23,24). The van der Waals surface area contributed by atoms with E-state index in [4.69, 9.17) is 4.74 Å². The first-order chi connectivity index (χ1) is 12.4. The highest BCUT2D eigenvalue weighted by atomic mass is 19.4. The highest BCUT2D eigenvalue weighted by Crippen LogP contribution is 2.31. The second-order valence-electron chi connectivity index (χ2n) is 6.34. The largest absolute Gasteiger partial charge is 0.491 e. The number of alkyl halides is 3. The molecule has 1 aromatic rings. The van der Waals surface area contributed by atoms with Crippen LogP contribution in [0, 0.1) is 0 Å². The van der Waals surface area contributed by atoms with Crippen molar-refractivity contribution in [1.82, 2.24) is 10.6 Å². The molecule has 0 aromatic heterocycles. The molecule has 0 bridgehead atoms. The number of hydrogen-bond donors (Lipinski definition) is 3. The lowest BCUT2D eigenvalue weighted by atomic mass is 10.2. The summed E-state index contributed by atoms with van der Waals surface area (Å²) in [5, 5.41) is 16.5. The van der Waals surface area contributed by atoms with Gasteiger partial charge in [0.25, 0.3) is 0 Å². The predicted octanol–water partition coefficient (Wildman–Crippen LogP) is 2.94. The number of nitrogens with one attached hydrogen (secondary N) is 2. The average molecular weight is 373 g/mol. The van der Waals surface area contributed by atoms with Gasteiger partial charge in [-0.1, -0.05) is 18.9 Å². The van der Waals surface area contributed by atoms with E-state index in [2.05, 4.69) is 15.6 Å². The number of ether oxygens (including phenoxy) is 1. The number of aliphatic imine (C=N–C) groups is 1. The van der Waals surface area contributed by atoms with E-state index in [1.54, 1.807) is 0 Å². The molecule has 0 saturated heterocycles. The Morgan fingerprint density at radius 1 is 1.35 bits per heavy atom. The predicted molar refractivity (Wildman–Crippen MR) is 94.3 cm³/mol. The molecule has 2 rings (SSSR count). The van der Waals surface area contributed by atoms with Crippen LogP contribution in [-0.4, -0.2) is 42.9 Å². The van der Waals surface area contributed by atoms with Crippen molar-refractivity contribution in [3.05, 3.63) is 29.8 Å². The minimum atomic E-state index is -4.42. The van der Waals surface area contributed by atoms with Crippen molar-refractivity contribution in [2.45, 2.75) is 50.9 Å². The number of aliphatic hydroxyl groups is 1. The van der Waals surface area contributed by atoms with Crippen LogP contribution in [0.4, 0.5) is 13.2 Å². The summed E-state index contributed by atoms with van der Waals surface area (Å²) >= 11 is 0. The van der Waals surface area contributed by atoms with E-state index in [9.17, 15) is 18.3 Å². The van der Waals surface area contributed by atoms with E-state index < -0.39 is 17.8 Å². The summed E-state index contributed by atoms with van der Waals surface area (Å²) in [4.78, 5) is 4.33. The fraction of sp³-hybridized carbons (Fsp3) is 0.611. The minimum absolute atomic E-state index is 0.0684. The van der Waals surface area contributed by atoms with Crippen molar-refractivity contribution in [2.24, 2.45) is 4.99 Å². The third-order valence-electron chi connectivity index (χ3n) is 4.10. The van der Waals surface area contributed by atoms with Gasteiger partial charge in [0, 0.05) is 12.6 Å². The summed E-state index contributed by atoms with van der Waals surface area (Å²) in [6, 6.07) is 4.99. The topological polar surface area (TPSA) is 65.9 Å². The fourth-order valence-corrected chi connectivity index (χ4v) is 2.79. The van der Waals surface area contributed by atoms with E-state index in [0.29, 0.717) is 18.5 Å². The zero-order valence-corrected chi connectivity index (χ0v) is 14.9. The van der Waals surface area contributed by atoms with Crippen molar-refractivity contribution in [2.75, 3.05) is 19.7 Å². The zero-order chi connectivity index (χ0) is 19.0. The zero-order valence-electron chi connectivity index (χ0n) is 14.9. The summed E-state index contributed by atoms with van der Waals surface area (Å²) in [6.07, 6.45) is -0.732. The molecule has 0 spiro atoms. The van der Waals surface area contributed by atoms with E-state index in [1.807, 2.05) is 6.92 Å². The summed E-state index contributed by atoms with van der Waals surface area (Å²) in [5.41, 5.74) is -0.780. The Morgan fingerprint density at radius 2 is 2.08 bits per heavy atom. The van der Waals surface area contributed by atoms with Crippen LogP contribution >= 0.6 is 0 Å². The summed E-state index contributed by atoms with van der Waals surface area (Å²) in [6.45, 7) is 2.63. The summed E-state index contributed by atoms with van der Waals surface area (Å²) in [7, 11) is 0. The van der Waals surface area contributed by atoms with Gasteiger partial charge in [-0.3, -0.25) is 4.99 Å². The number of nitrogens with zero attached hydrogens (tertiary/aromatic N) is 1. The number of guanidine groups is 1. The van der Waals surface area contributed by atoms with E-state index in [1.165, 1.54) is 25.0 Å². The molecular weight excluding hydrogens is 347 g/mol. The molecule has 1 aliphatic carbocycles. The molecule has 1 aromatic carbocycles.